The molecule has 0 saturated heterocycles. The van der Waals surface area contributed by atoms with Crippen LogP contribution >= 0.6 is 0 Å². The minimum atomic E-state index is 0.572. The standard InChI is InChI=1S/C21H21N5/c1-16-7-2-4-9-18(16)19-15-23-25-21(24-19)22-12-6-13-26-14-11-17-8-3-5-10-20(17)26/h2-5,7-11,14-15H,6,12-13H2,1H3,(H,22,24,25). The summed E-state index contributed by atoms with van der Waals surface area (Å²) in [6.45, 7) is 3.82. The van der Waals surface area contributed by atoms with E-state index in [0.717, 1.165) is 30.8 Å². The molecule has 0 aliphatic rings. The third-order valence-electron chi connectivity index (χ3n) is 4.52. The number of nitrogens with one attached hydrogen (secondary N) is 1. The Balaban J connectivity index is 1.38. The van der Waals surface area contributed by atoms with Gasteiger partial charge in [0.15, 0.2) is 0 Å². The first-order valence-corrected chi connectivity index (χ1v) is 8.85. The second-order valence-corrected chi connectivity index (χ2v) is 6.33. The van der Waals surface area contributed by atoms with Crippen LogP contribution in [0.15, 0.2) is 67.0 Å². The number of rotatable bonds is 6. The first kappa shape index (κ1) is 16.3. The van der Waals surface area contributed by atoms with Crippen molar-refractivity contribution >= 4 is 16.9 Å². The predicted molar refractivity (Wildman–Crippen MR) is 105 cm³/mol. The summed E-state index contributed by atoms with van der Waals surface area (Å²) in [5.74, 6) is 0.572. The minimum Gasteiger partial charge on any atom is -0.353 e. The van der Waals surface area contributed by atoms with Gasteiger partial charge >= 0.3 is 0 Å². The molecule has 0 bridgehead atoms. The number of anilines is 1. The lowest BCUT2D eigenvalue weighted by atomic mass is 10.1. The molecule has 2 heterocycles. The van der Waals surface area contributed by atoms with Crippen LogP contribution < -0.4 is 5.32 Å². The Bertz CT molecular complexity index is 1020. The molecule has 0 spiro atoms. The smallest absolute Gasteiger partial charge is 0.243 e. The van der Waals surface area contributed by atoms with E-state index < -0.39 is 0 Å². The van der Waals surface area contributed by atoms with Crippen LogP contribution in [0.5, 0.6) is 0 Å². The van der Waals surface area contributed by atoms with E-state index in [1.165, 1.54) is 16.5 Å². The molecular formula is C21H21N5. The lowest BCUT2D eigenvalue weighted by molar-refractivity contribution is 0.680. The largest absolute Gasteiger partial charge is 0.353 e. The number of aromatic nitrogens is 4. The van der Waals surface area contributed by atoms with Gasteiger partial charge in [-0.3, -0.25) is 0 Å². The number of hydrogen-bond acceptors (Lipinski definition) is 4. The van der Waals surface area contributed by atoms with Crippen LogP contribution in [-0.2, 0) is 6.54 Å². The highest BCUT2D eigenvalue weighted by molar-refractivity contribution is 5.79. The van der Waals surface area contributed by atoms with Gasteiger partial charge in [0, 0.05) is 30.4 Å². The molecule has 0 fully saturated rings. The van der Waals surface area contributed by atoms with Gasteiger partial charge in [-0.1, -0.05) is 42.5 Å². The topological polar surface area (TPSA) is 55.6 Å². The summed E-state index contributed by atoms with van der Waals surface area (Å²) in [5, 5.41) is 12.8. The van der Waals surface area contributed by atoms with Gasteiger partial charge in [0.2, 0.25) is 5.95 Å². The molecule has 1 N–H and O–H groups in total. The maximum absolute atomic E-state index is 4.60. The zero-order valence-corrected chi connectivity index (χ0v) is 14.8. The van der Waals surface area contributed by atoms with E-state index in [1.54, 1.807) is 6.20 Å². The molecule has 4 rings (SSSR count). The van der Waals surface area contributed by atoms with Crippen molar-refractivity contribution < 1.29 is 0 Å². The second kappa shape index (κ2) is 7.35. The average molecular weight is 343 g/mol. The van der Waals surface area contributed by atoms with Crippen LogP contribution in [0.4, 0.5) is 5.95 Å². The van der Waals surface area contributed by atoms with Crippen LogP contribution in [0, 0.1) is 6.92 Å². The number of nitrogens with zero attached hydrogens (tertiary/aromatic N) is 4. The molecule has 0 atom stereocenters. The van der Waals surface area contributed by atoms with Crippen molar-refractivity contribution in [2.24, 2.45) is 0 Å². The monoisotopic (exact) mass is 343 g/mol. The summed E-state index contributed by atoms with van der Waals surface area (Å²) < 4.78 is 2.28. The molecule has 0 radical (unpaired) electrons. The molecule has 130 valence electrons. The van der Waals surface area contributed by atoms with Gasteiger partial charge in [0.05, 0.1) is 11.9 Å². The highest BCUT2D eigenvalue weighted by Crippen LogP contribution is 2.20. The van der Waals surface area contributed by atoms with Crippen molar-refractivity contribution in [3.63, 3.8) is 0 Å². The first-order chi connectivity index (χ1) is 12.8. The lowest BCUT2D eigenvalue weighted by Crippen LogP contribution is -2.09. The Labute approximate surface area is 152 Å². The lowest BCUT2D eigenvalue weighted by Gasteiger charge is -2.08. The van der Waals surface area contributed by atoms with Gasteiger partial charge in [-0.25, -0.2) is 4.98 Å². The third kappa shape index (κ3) is 3.42. The Hall–Kier alpha value is -3.21. The SMILES string of the molecule is Cc1ccccc1-c1cnnc(NCCCn2ccc3ccccc32)n1. The van der Waals surface area contributed by atoms with Gasteiger partial charge in [-0.05, 0) is 36.4 Å². The minimum absolute atomic E-state index is 0.572. The molecular weight excluding hydrogens is 322 g/mol. The highest BCUT2D eigenvalue weighted by atomic mass is 15.2. The Morgan fingerprint density at radius 3 is 2.77 bits per heavy atom. The van der Waals surface area contributed by atoms with Crippen molar-refractivity contribution in [1.29, 1.82) is 0 Å². The summed E-state index contributed by atoms with van der Waals surface area (Å²) in [5.41, 5.74) is 4.38. The molecule has 0 aliphatic heterocycles. The van der Waals surface area contributed by atoms with Gasteiger partial charge in [0.1, 0.15) is 0 Å². The van der Waals surface area contributed by atoms with Crippen LogP contribution in [0.25, 0.3) is 22.2 Å². The number of hydrogen-bond donors (Lipinski definition) is 1. The second-order valence-electron chi connectivity index (χ2n) is 6.33. The fourth-order valence-electron chi connectivity index (χ4n) is 3.15. The van der Waals surface area contributed by atoms with Crippen molar-refractivity contribution in [2.45, 2.75) is 19.9 Å². The maximum atomic E-state index is 4.60. The molecule has 5 nitrogen and oxygen atoms in total. The molecule has 5 heteroatoms. The fraction of sp³-hybridized carbons (Fsp3) is 0.190. The number of benzene rings is 2. The van der Waals surface area contributed by atoms with Crippen LogP contribution in [0.2, 0.25) is 0 Å². The van der Waals surface area contributed by atoms with Gasteiger partial charge < -0.3 is 9.88 Å². The van der Waals surface area contributed by atoms with E-state index in [9.17, 15) is 0 Å². The van der Waals surface area contributed by atoms with E-state index in [2.05, 4.69) is 80.7 Å². The molecule has 0 aliphatic carbocycles. The average Bonchev–Trinajstić information content (AvgIpc) is 3.09. The van der Waals surface area contributed by atoms with Crippen molar-refractivity contribution in [3.05, 3.63) is 72.6 Å². The predicted octanol–water partition coefficient (Wildman–Crippen LogP) is 4.30. The summed E-state index contributed by atoms with van der Waals surface area (Å²) in [4.78, 5) is 4.60. The van der Waals surface area contributed by atoms with Gasteiger partial charge in [-0.15, -0.1) is 5.10 Å². The molecule has 2 aromatic heterocycles. The summed E-state index contributed by atoms with van der Waals surface area (Å²) >= 11 is 0. The molecule has 4 aromatic rings. The van der Waals surface area contributed by atoms with Gasteiger partial charge in [0.25, 0.3) is 0 Å². The van der Waals surface area contributed by atoms with E-state index in [1.807, 2.05) is 12.1 Å². The summed E-state index contributed by atoms with van der Waals surface area (Å²) in [6.07, 6.45) is 4.83. The van der Waals surface area contributed by atoms with Gasteiger partial charge in [-0.2, -0.15) is 5.10 Å². The number of aryl methyl sites for hydroxylation is 2. The zero-order chi connectivity index (χ0) is 17.8. The number of para-hydroxylation sites is 1. The highest BCUT2D eigenvalue weighted by Gasteiger charge is 2.05. The van der Waals surface area contributed by atoms with E-state index in [-0.39, 0.29) is 0 Å². The summed E-state index contributed by atoms with van der Waals surface area (Å²) in [7, 11) is 0. The molecule has 0 saturated carbocycles. The van der Waals surface area contributed by atoms with Crippen LogP contribution in [0.3, 0.4) is 0 Å². The van der Waals surface area contributed by atoms with E-state index in [4.69, 9.17) is 0 Å². The van der Waals surface area contributed by atoms with E-state index >= 15 is 0 Å². The third-order valence-corrected chi connectivity index (χ3v) is 4.52. The molecule has 26 heavy (non-hydrogen) atoms. The molecule has 0 amide bonds. The number of fused-ring (bicyclic) bond motifs is 1. The Morgan fingerprint density at radius 1 is 1.00 bits per heavy atom. The van der Waals surface area contributed by atoms with E-state index in [0.29, 0.717) is 5.95 Å². The maximum Gasteiger partial charge on any atom is 0.243 e. The van der Waals surface area contributed by atoms with Crippen molar-refractivity contribution in [3.8, 4) is 11.3 Å². The van der Waals surface area contributed by atoms with Crippen molar-refractivity contribution in [1.82, 2.24) is 19.7 Å². The van der Waals surface area contributed by atoms with Crippen LogP contribution in [-0.4, -0.2) is 26.3 Å². The first-order valence-electron chi connectivity index (χ1n) is 8.85. The fourth-order valence-corrected chi connectivity index (χ4v) is 3.15. The quantitative estimate of drug-likeness (QED) is 0.530. The normalized spacial score (nSPS) is 11.0. The molecule has 0 unspecified atom stereocenters. The zero-order valence-electron chi connectivity index (χ0n) is 14.8. The molecule has 2 aromatic carbocycles. The summed E-state index contributed by atoms with van der Waals surface area (Å²) in [6, 6.07) is 18.8. The van der Waals surface area contributed by atoms with Crippen molar-refractivity contribution in [2.75, 3.05) is 11.9 Å². The Kier molecular flexibility index (Phi) is 4.60. The van der Waals surface area contributed by atoms with Crippen LogP contribution in [0.1, 0.15) is 12.0 Å². The Morgan fingerprint density at radius 2 is 1.85 bits per heavy atom.